The van der Waals surface area contributed by atoms with Crippen LogP contribution in [0.15, 0.2) is 35.7 Å². The number of para-hydroxylation sites is 2. The summed E-state index contributed by atoms with van der Waals surface area (Å²) in [4.78, 5) is 30.9. The van der Waals surface area contributed by atoms with Crippen LogP contribution in [-0.2, 0) is 11.2 Å². The highest BCUT2D eigenvalue weighted by Crippen LogP contribution is 2.35. The predicted octanol–water partition coefficient (Wildman–Crippen LogP) is 4.34. The molecule has 1 aromatic heterocycles. The molecule has 7 nitrogen and oxygen atoms in total. The molecular formula is C25H35N3O4S. The van der Waals surface area contributed by atoms with Gasteiger partial charge in [0, 0.05) is 24.5 Å². The van der Waals surface area contributed by atoms with Crippen LogP contribution in [0.25, 0.3) is 0 Å². The maximum atomic E-state index is 13.5. The molecule has 180 valence electrons. The molecular weight excluding hydrogens is 438 g/mol. The largest absolute Gasteiger partial charge is 0.493 e. The fourth-order valence-corrected chi connectivity index (χ4v) is 4.95. The van der Waals surface area contributed by atoms with E-state index in [4.69, 9.17) is 9.47 Å². The Morgan fingerprint density at radius 2 is 2.00 bits per heavy atom. The number of hydrogen-bond acceptors (Lipinski definition) is 5. The molecule has 33 heavy (non-hydrogen) atoms. The number of fused-ring (bicyclic) bond motifs is 1. The average Bonchev–Trinajstić information content (AvgIpc) is 3.31. The highest BCUT2D eigenvalue weighted by molar-refractivity contribution is 7.10. The molecule has 2 atom stereocenters. The Hall–Kier alpha value is -2.74. The minimum absolute atomic E-state index is 0.0564. The van der Waals surface area contributed by atoms with Gasteiger partial charge in [-0.15, -0.1) is 11.3 Å². The lowest BCUT2D eigenvalue weighted by molar-refractivity contribution is -0.135. The second-order valence-corrected chi connectivity index (χ2v) is 9.34. The molecule has 1 N–H and O–H groups in total. The standard InChI is InChI=1S/C25H35N3O4S/c1-5-18(3)15-27(25(30)26-6-2)16-24(29)28-13-11-23-19(12-14-33-23)20(28)17-32-22-10-8-7-9-21(22)31-4/h7-10,12,14,18,20H,5-6,11,13,15-17H2,1-4H3,(H,26,30)/t18-,20+/m0/s1. The highest BCUT2D eigenvalue weighted by atomic mass is 32.1. The van der Waals surface area contributed by atoms with Gasteiger partial charge in [0.1, 0.15) is 13.2 Å². The third-order valence-corrected chi connectivity index (χ3v) is 7.05. The molecule has 1 aliphatic rings. The van der Waals surface area contributed by atoms with Crippen molar-refractivity contribution in [2.75, 3.05) is 39.9 Å². The monoisotopic (exact) mass is 473 g/mol. The van der Waals surface area contributed by atoms with E-state index in [-0.39, 0.29) is 24.5 Å². The zero-order valence-electron chi connectivity index (χ0n) is 20.0. The van der Waals surface area contributed by atoms with Crippen molar-refractivity contribution in [3.63, 3.8) is 0 Å². The first-order valence-corrected chi connectivity index (χ1v) is 12.5. The van der Waals surface area contributed by atoms with E-state index in [1.807, 2.05) is 36.1 Å². The minimum atomic E-state index is -0.211. The molecule has 8 heteroatoms. The van der Waals surface area contributed by atoms with E-state index in [2.05, 4.69) is 30.6 Å². The SMILES string of the molecule is CCNC(=O)N(CC(=O)N1CCc2sccc2[C@H]1COc1ccccc1OC)C[C@@H](C)CC. The first-order valence-electron chi connectivity index (χ1n) is 11.6. The van der Waals surface area contributed by atoms with Crippen LogP contribution in [0.3, 0.4) is 0 Å². The summed E-state index contributed by atoms with van der Waals surface area (Å²) in [5.74, 6) is 1.56. The summed E-state index contributed by atoms with van der Waals surface area (Å²) in [6.45, 7) is 8.14. The molecule has 0 aliphatic carbocycles. The number of amides is 3. The van der Waals surface area contributed by atoms with Crippen molar-refractivity contribution < 1.29 is 19.1 Å². The topological polar surface area (TPSA) is 71.1 Å². The summed E-state index contributed by atoms with van der Waals surface area (Å²) in [5.41, 5.74) is 1.13. The molecule has 0 fully saturated rings. The van der Waals surface area contributed by atoms with Gasteiger partial charge in [0.15, 0.2) is 11.5 Å². The predicted molar refractivity (Wildman–Crippen MR) is 131 cm³/mol. The summed E-state index contributed by atoms with van der Waals surface area (Å²) in [5, 5.41) is 4.91. The van der Waals surface area contributed by atoms with E-state index < -0.39 is 0 Å². The normalized spacial score (nSPS) is 16.0. The molecule has 0 unspecified atom stereocenters. The number of thiophene rings is 1. The van der Waals surface area contributed by atoms with Crippen molar-refractivity contribution in [1.82, 2.24) is 15.1 Å². The molecule has 0 saturated heterocycles. The van der Waals surface area contributed by atoms with Gasteiger partial charge in [0.25, 0.3) is 0 Å². The molecule has 2 aromatic rings. The van der Waals surface area contributed by atoms with Gasteiger partial charge in [-0.3, -0.25) is 4.79 Å². The summed E-state index contributed by atoms with van der Waals surface area (Å²) >= 11 is 1.72. The molecule has 0 bridgehead atoms. The lowest BCUT2D eigenvalue weighted by atomic mass is 10.00. The van der Waals surface area contributed by atoms with Crippen LogP contribution in [0, 0.1) is 5.92 Å². The fraction of sp³-hybridized carbons (Fsp3) is 0.520. The summed E-state index contributed by atoms with van der Waals surface area (Å²) in [6.07, 6.45) is 1.76. The van der Waals surface area contributed by atoms with Crippen molar-refractivity contribution in [3.8, 4) is 11.5 Å². The molecule has 2 heterocycles. The molecule has 0 radical (unpaired) electrons. The average molecular weight is 474 g/mol. The van der Waals surface area contributed by atoms with Crippen LogP contribution in [0.2, 0.25) is 0 Å². The molecule has 1 aliphatic heterocycles. The van der Waals surface area contributed by atoms with Crippen molar-refractivity contribution in [2.24, 2.45) is 5.92 Å². The van der Waals surface area contributed by atoms with Crippen LogP contribution < -0.4 is 14.8 Å². The lowest BCUT2D eigenvalue weighted by Crippen LogP contribution is -2.50. The quantitative estimate of drug-likeness (QED) is 0.557. The summed E-state index contributed by atoms with van der Waals surface area (Å²) < 4.78 is 11.5. The molecule has 0 saturated carbocycles. The lowest BCUT2D eigenvalue weighted by Gasteiger charge is -2.37. The van der Waals surface area contributed by atoms with Gasteiger partial charge in [-0.2, -0.15) is 0 Å². The van der Waals surface area contributed by atoms with Gasteiger partial charge in [-0.25, -0.2) is 4.79 Å². The van der Waals surface area contributed by atoms with Crippen LogP contribution in [0.5, 0.6) is 11.5 Å². The maximum absolute atomic E-state index is 13.5. The number of carbonyl (C=O) groups excluding carboxylic acids is 2. The van der Waals surface area contributed by atoms with Gasteiger partial charge in [-0.05, 0) is 48.4 Å². The van der Waals surface area contributed by atoms with E-state index in [9.17, 15) is 9.59 Å². The highest BCUT2D eigenvalue weighted by Gasteiger charge is 2.33. The Bertz CT molecular complexity index is 932. The number of benzene rings is 1. The van der Waals surface area contributed by atoms with Crippen molar-refractivity contribution in [3.05, 3.63) is 46.2 Å². The third-order valence-electron chi connectivity index (χ3n) is 6.05. The Kier molecular flexibility index (Phi) is 9.00. The zero-order chi connectivity index (χ0) is 23.8. The van der Waals surface area contributed by atoms with Crippen molar-refractivity contribution >= 4 is 23.3 Å². The number of ether oxygens (including phenoxy) is 2. The number of methoxy groups -OCH3 is 1. The van der Waals surface area contributed by atoms with Crippen molar-refractivity contribution in [1.29, 1.82) is 0 Å². The van der Waals surface area contributed by atoms with E-state index in [1.54, 1.807) is 23.3 Å². The Balaban J connectivity index is 1.78. The van der Waals surface area contributed by atoms with Gasteiger partial charge in [0.05, 0.1) is 13.2 Å². The first kappa shape index (κ1) is 24.9. The minimum Gasteiger partial charge on any atom is -0.493 e. The first-order chi connectivity index (χ1) is 16.0. The van der Waals surface area contributed by atoms with Gasteiger partial charge in [0.2, 0.25) is 5.91 Å². The number of urea groups is 1. The maximum Gasteiger partial charge on any atom is 0.317 e. The molecule has 1 aromatic carbocycles. The molecule has 3 rings (SSSR count). The van der Waals surface area contributed by atoms with Gasteiger partial charge < -0.3 is 24.6 Å². The number of nitrogens with zero attached hydrogens (tertiary/aromatic N) is 2. The Labute approximate surface area is 200 Å². The molecule has 0 spiro atoms. The van der Waals surface area contributed by atoms with E-state index in [0.29, 0.717) is 43.7 Å². The van der Waals surface area contributed by atoms with Crippen LogP contribution in [0.1, 0.15) is 43.7 Å². The summed E-state index contributed by atoms with van der Waals surface area (Å²) in [6, 6.07) is 9.19. The third kappa shape index (κ3) is 6.19. The van der Waals surface area contributed by atoms with E-state index in [0.717, 1.165) is 18.4 Å². The number of nitrogens with one attached hydrogen (secondary N) is 1. The van der Waals surface area contributed by atoms with Crippen LogP contribution >= 0.6 is 11.3 Å². The van der Waals surface area contributed by atoms with E-state index >= 15 is 0 Å². The van der Waals surface area contributed by atoms with Crippen molar-refractivity contribution in [2.45, 2.75) is 39.7 Å². The smallest absolute Gasteiger partial charge is 0.317 e. The van der Waals surface area contributed by atoms with E-state index in [1.165, 1.54) is 4.88 Å². The fourth-order valence-electron chi connectivity index (χ4n) is 4.02. The van der Waals surface area contributed by atoms with Gasteiger partial charge in [-0.1, -0.05) is 32.4 Å². The number of hydrogen-bond donors (Lipinski definition) is 1. The summed E-state index contributed by atoms with van der Waals surface area (Å²) in [7, 11) is 1.61. The second-order valence-electron chi connectivity index (χ2n) is 8.34. The van der Waals surface area contributed by atoms with Gasteiger partial charge >= 0.3 is 6.03 Å². The Morgan fingerprint density at radius 1 is 1.24 bits per heavy atom. The Morgan fingerprint density at radius 3 is 2.70 bits per heavy atom. The number of rotatable bonds is 10. The number of carbonyl (C=O) groups is 2. The second kappa shape index (κ2) is 11.9. The van der Waals surface area contributed by atoms with Crippen LogP contribution in [0.4, 0.5) is 4.79 Å². The molecule has 3 amide bonds. The van der Waals surface area contributed by atoms with Crippen LogP contribution in [-0.4, -0.2) is 61.6 Å². The zero-order valence-corrected chi connectivity index (χ0v) is 20.8.